The number of benzene rings is 2. The van der Waals surface area contributed by atoms with Crippen LogP contribution in [0.5, 0.6) is 0 Å². The topological polar surface area (TPSA) is 27.6 Å². The van der Waals surface area contributed by atoms with Crippen molar-refractivity contribution in [2.24, 2.45) is 4.99 Å². The maximum absolute atomic E-state index is 12.4. The Bertz CT molecular complexity index is 776. The van der Waals surface area contributed by atoms with Gasteiger partial charge >= 0.3 is 5.51 Å². The molecule has 2 aromatic carbocycles. The summed E-state index contributed by atoms with van der Waals surface area (Å²) in [4.78, 5) is 6.44. The third kappa shape index (κ3) is 6.14. The number of thioether (sulfide) groups is 1. The SMILES string of the molecule is CCN(C)/C=N\c1cc(C)cc(Nc2ccc(SC(F)(F)F)cc2)c1Cl. The van der Waals surface area contributed by atoms with E-state index in [1.54, 1.807) is 18.5 Å². The van der Waals surface area contributed by atoms with E-state index in [0.717, 1.165) is 12.1 Å². The van der Waals surface area contributed by atoms with Crippen LogP contribution in [0.2, 0.25) is 5.02 Å². The van der Waals surface area contributed by atoms with Crippen molar-refractivity contribution in [1.29, 1.82) is 0 Å². The zero-order chi connectivity index (χ0) is 19.3. The fourth-order valence-electron chi connectivity index (χ4n) is 2.07. The summed E-state index contributed by atoms with van der Waals surface area (Å²) in [6.45, 7) is 4.76. The van der Waals surface area contributed by atoms with Crippen molar-refractivity contribution in [3.05, 3.63) is 47.0 Å². The van der Waals surface area contributed by atoms with Crippen molar-refractivity contribution in [3.8, 4) is 0 Å². The van der Waals surface area contributed by atoms with Crippen LogP contribution in [0.3, 0.4) is 0 Å². The van der Waals surface area contributed by atoms with Gasteiger partial charge in [-0.15, -0.1) is 0 Å². The van der Waals surface area contributed by atoms with Crippen LogP contribution in [-0.4, -0.2) is 30.3 Å². The Morgan fingerprint density at radius 2 is 1.88 bits per heavy atom. The van der Waals surface area contributed by atoms with Gasteiger partial charge in [-0.2, -0.15) is 13.2 Å². The molecule has 0 atom stereocenters. The van der Waals surface area contributed by atoms with Gasteiger partial charge in [-0.1, -0.05) is 11.6 Å². The first-order valence-electron chi connectivity index (χ1n) is 7.85. The lowest BCUT2D eigenvalue weighted by Crippen LogP contribution is -2.14. The molecule has 8 heteroatoms. The minimum absolute atomic E-state index is 0.131. The summed E-state index contributed by atoms with van der Waals surface area (Å²) in [6, 6.07) is 9.74. The molecule has 0 saturated carbocycles. The minimum atomic E-state index is -4.30. The molecule has 0 radical (unpaired) electrons. The summed E-state index contributed by atoms with van der Waals surface area (Å²) in [7, 11) is 1.91. The number of aryl methyl sites for hydroxylation is 1. The van der Waals surface area contributed by atoms with E-state index in [1.165, 1.54) is 12.1 Å². The number of anilines is 2. The first kappa shape index (κ1) is 20.5. The maximum Gasteiger partial charge on any atom is 0.446 e. The number of aliphatic imine (C=N–C) groups is 1. The Kier molecular flexibility index (Phi) is 6.83. The highest BCUT2D eigenvalue weighted by Gasteiger charge is 2.29. The minimum Gasteiger partial charge on any atom is -0.366 e. The van der Waals surface area contributed by atoms with Crippen molar-refractivity contribution in [3.63, 3.8) is 0 Å². The van der Waals surface area contributed by atoms with Gasteiger partial charge in [0.2, 0.25) is 0 Å². The number of rotatable bonds is 6. The molecule has 0 amide bonds. The third-order valence-corrected chi connectivity index (χ3v) is 4.59. The molecule has 2 rings (SSSR count). The molecular weight excluding hydrogens is 383 g/mol. The van der Waals surface area contributed by atoms with Gasteiger partial charge < -0.3 is 10.2 Å². The van der Waals surface area contributed by atoms with E-state index in [2.05, 4.69) is 10.3 Å². The van der Waals surface area contributed by atoms with E-state index in [0.29, 0.717) is 22.1 Å². The Balaban J connectivity index is 2.21. The first-order chi connectivity index (χ1) is 12.2. The van der Waals surface area contributed by atoms with E-state index in [4.69, 9.17) is 11.6 Å². The molecule has 0 aliphatic heterocycles. The molecular formula is C18H19ClF3N3S. The fourth-order valence-corrected chi connectivity index (χ4v) is 2.82. The fraction of sp³-hybridized carbons (Fsp3) is 0.278. The van der Waals surface area contributed by atoms with Crippen LogP contribution < -0.4 is 5.32 Å². The standard InChI is InChI=1S/C18H19ClF3N3S/c1-4-25(3)11-23-15-9-12(2)10-16(17(15)19)24-13-5-7-14(8-6-13)26-18(20,21)22/h5-11,24H,4H2,1-3H3/b23-11-. The largest absolute Gasteiger partial charge is 0.446 e. The number of halogens is 4. The quantitative estimate of drug-likeness (QED) is 0.335. The second-order valence-electron chi connectivity index (χ2n) is 5.66. The highest BCUT2D eigenvalue weighted by molar-refractivity contribution is 8.00. The summed E-state index contributed by atoms with van der Waals surface area (Å²) >= 11 is 6.29. The Morgan fingerprint density at radius 3 is 2.46 bits per heavy atom. The van der Waals surface area contributed by atoms with Gasteiger partial charge in [0.1, 0.15) is 0 Å². The first-order valence-corrected chi connectivity index (χ1v) is 9.05. The van der Waals surface area contributed by atoms with Crippen molar-refractivity contribution in [2.45, 2.75) is 24.3 Å². The summed E-state index contributed by atoms with van der Waals surface area (Å²) in [5, 5.41) is 3.58. The van der Waals surface area contributed by atoms with Gasteiger partial charge in [-0.05, 0) is 67.6 Å². The Labute approximate surface area is 160 Å². The zero-order valence-corrected chi connectivity index (χ0v) is 16.1. The Hall–Kier alpha value is -1.86. The summed E-state index contributed by atoms with van der Waals surface area (Å²) in [5.41, 5.74) is -1.42. The van der Waals surface area contributed by atoms with Gasteiger partial charge in [0.05, 0.1) is 22.7 Å². The molecule has 0 spiro atoms. The predicted octanol–water partition coefficient (Wildman–Crippen LogP) is 6.62. The van der Waals surface area contributed by atoms with Crippen molar-refractivity contribution >= 4 is 46.8 Å². The lowest BCUT2D eigenvalue weighted by molar-refractivity contribution is -0.0328. The van der Waals surface area contributed by atoms with Crippen molar-refractivity contribution < 1.29 is 13.2 Å². The predicted molar refractivity (Wildman–Crippen MR) is 104 cm³/mol. The molecule has 140 valence electrons. The highest BCUT2D eigenvalue weighted by Crippen LogP contribution is 2.38. The molecule has 0 heterocycles. The summed E-state index contributed by atoms with van der Waals surface area (Å²) in [5.74, 6) is 0. The van der Waals surface area contributed by atoms with Crippen LogP contribution in [0.15, 0.2) is 46.3 Å². The van der Waals surface area contributed by atoms with E-state index in [1.807, 2.05) is 37.9 Å². The van der Waals surface area contributed by atoms with Gasteiger partial charge in [-0.25, -0.2) is 4.99 Å². The van der Waals surface area contributed by atoms with Gasteiger partial charge in [0, 0.05) is 24.2 Å². The highest BCUT2D eigenvalue weighted by atomic mass is 35.5. The molecule has 0 bridgehead atoms. The molecule has 0 aliphatic carbocycles. The summed E-state index contributed by atoms with van der Waals surface area (Å²) in [6.07, 6.45) is 1.70. The second kappa shape index (κ2) is 8.68. The van der Waals surface area contributed by atoms with Crippen LogP contribution in [0, 0.1) is 6.92 Å². The molecule has 1 N–H and O–H groups in total. The monoisotopic (exact) mass is 401 g/mol. The maximum atomic E-state index is 12.4. The molecule has 0 saturated heterocycles. The average molecular weight is 402 g/mol. The van der Waals surface area contributed by atoms with Gasteiger partial charge in [-0.3, -0.25) is 0 Å². The van der Waals surface area contributed by atoms with E-state index >= 15 is 0 Å². The smallest absolute Gasteiger partial charge is 0.366 e. The Morgan fingerprint density at radius 1 is 1.23 bits per heavy atom. The average Bonchev–Trinajstić information content (AvgIpc) is 2.56. The normalized spacial score (nSPS) is 11.8. The van der Waals surface area contributed by atoms with Crippen LogP contribution in [-0.2, 0) is 0 Å². The van der Waals surface area contributed by atoms with Gasteiger partial charge in [0.15, 0.2) is 0 Å². The van der Waals surface area contributed by atoms with E-state index in [9.17, 15) is 13.2 Å². The molecule has 0 aliphatic rings. The lowest BCUT2D eigenvalue weighted by Gasteiger charge is -2.13. The number of hydrogen-bond acceptors (Lipinski definition) is 3. The van der Waals surface area contributed by atoms with E-state index in [-0.39, 0.29) is 16.7 Å². The molecule has 3 nitrogen and oxygen atoms in total. The lowest BCUT2D eigenvalue weighted by atomic mass is 10.2. The van der Waals surface area contributed by atoms with Gasteiger partial charge in [0.25, 0.3) is 0 Å². The number of alkyl halides is 3. The van der Waals surface area contributed by atoms with Crippen LogP contribution in [0.25, 0.3) is 0 Å². The van der Waals surface area contributed by atoms with Crippen molar-refractivity contribution in [2.75, 3.05) is 18.9 Å². The molecule has 26 heavy (non-hydrogen) atoms. The summed E-state index contributed by atoms with van der Waals surface area (Å²) < 4.78 is 37.2. The molecule has 2 aromatic rings. The zero-order valence-electron chi connectivity index (χ0n) is 14.6. The van der Waals surface area contributed by atoms with Crippen molar-refractivity contribution in [1.82, 2.24) is 4.90 Å². The van der Waals surface area contributed by atoms with Crippen LogP contribution in [0.4, 0.5) is 30.2 Å². The van der Waals surface area contributed by atoms with E-state index < -0.39 is 5.51 Å². The molecule has 0 unspecified atom stereocenters. The van der Waals surface area contributed by atoms with Crippen LogP contribution in [0.1, 0.15) is 12.5 Å². The second-order valence-corrected chi connectivity index (χ2v) is 7.18. The number of nitrogens with one attached hydrogen (secondary N) is 1. The molecule has 0 fully saturated rings. The number of hydrogen-bond donors (Lipinski definition) is 1. The third-order valence-electron chi connectivity index (χ3n) is 3.46. The van der Waals surface area contributed by atoms with Crippen LogP contribution >= 0.6 is 23.4 Å². The number of nitrogens with zero attached hydrogens (tertiary/aromatic N) is 2. The molecule has 0 aromatic heterocycles.